The van der Waals surface area contributed by atoms with Crippen LogP contribution in [0.5, 0.6) is 0 Å². The van der Waals surface area contributed by atoms with Gasteiger partial charge in [-0.3, -0.25) is 9.59 Å². The van der Waals surface area contributed by atoms with Crippen LogP contribution in [-0.4, -0.2) is 11.9 Å². The first kappa shape index (κ1) is 8.99. The Balaban J connectivity index is 2.45. The Hall–Kier alpha value is -1.58. The fourth-order valence-electron chi connectivity index (χ4n) is 1.74. The van der Waals surface area contributed by atoms with Crippen LogP contribution in [0.1, 0.15) is 25.5 Å². The summed E-state index contributed by atoms with van der Waals surface area (Å²) in [5, 5.41) is 0. The van der Waals surface area contributed by atoms with Gasteiger partial charge in [-0.2, -0.15) is 0 Å². The fraction of sp³-hybridized carbons (Fsp3) is 0.400. The molecule has 0 radical (unpaired) electrons. The van der Waals surface area contributed by atoms with Crippen molar-refractivity contribution in [3.63, 3.8) is 0 Å². The third kappa shape index (κ3) is 1.07. The van der Waals surface area contributed by atoms with Gasteiger partial charge in [0.2, 0.25) is 0 Å². The van der Waals surface area contributed by atoms with Crippen LogP contribution in [0.15, 0.2) is 22.8 Å². The maximum absolute atomic E-state index is 11.5. The smallest absolute Gasteiger partial charge is 0.328 e. The average Bonchev–Trinajstić information content (AvgIpc) is 2.73. The van der Waals surface area contributed by atoms with Crippen molar-refractivity contribution in [2.24, 2.45) is 0 Å². The molecule has 1 saturated heterocycles. The Labute approximate surface area is 80.8 Å². The largest absolute Gasteiger partial charge is 0.468 e. The maximum Gasteiger partial charge on any atom is 0.328 e. The summed E-state index contributed by atoms with van der Waals surface area (Å²) in [6.07, 6.45) is 2.07. The van der Waals surface area contributed by atoms with E-state index in [9.17, 15) is 9.59 Å². The summed E-state index contributed by atoms with van der Waals surface area (Å²) in [6.45, 7) is 1.84. The molecule has 4 heteroatoms. The van der Waals surface area contributed by atoms with Gasteiger partial charge < -0.3 is 9.15 Å². The number of esters is 2. The number of hydrogen-bond donors (Lipinski definition) is 0. The summed E-state index contributed by atoms with van der Waals surface area (Å²) < 4.78 is 9.73. The van der Waals surface area contributed by atoms with E-state index in [0.29, 0.717) is 12.2 Å². The Kier molecular flexibility index (Phi) is 1.91. The van der Waals surface area contributed by atoms with Gasteiger partial charge in [0.1, 0.15) is 11.2 Å². The first-order chi connectivity index (χ1) is 6.69. The first-order valence-electron chi connectivity index (χ1n) is 4.48. The number of rotatable bonds is 2. The molecule has 1 aromatic rings. The second-order valence-corrected chi connectivity index (χ2v) is 3.35. The van der Waals surface area contributed by atoms with Crippen LogP contribution >= 0.6 is 0 Å². The van der Waals surface area contributed by atoms with Crippen LogP contribution in [0.4, 0.5) is 0 Å². The minimum atomic E-state index is -0.888. The van der Waals surface area contributed by atoms with Gasteiger partial charge in [-0.15, -0.1) is 0 Å². The molecular weight excluding hydrogens is 184 g/mol. The summed E-state index contributed by atoms with van der Waals surface area (Å²) in [5.41, 5.74) is -0.888. The molecule has 1 aromatic heterocycles. The summed E-state index contributed by atoms with van der Waals surface area (Å²) in [5.74, 6) is -0.468. The Morgan fingerprint density at radius 1 is 1.50 bits per heavy atom. The lowest BCUT2D eigenvalue weighted by Gasteiger charge is -2.18. The molecule has 1 fully saturated rings. The number of ether oxygens (including phenoxy) is 1. The minimum absolute atomic E-state index is 0.0792. The zero-order chi connectivity index (χ0) is 10.2. The van der Waals surface area contributed by atoms with Crippen molar-refractivity contribution in [3.05, 3.63) is 24.2 Å². The van der Waals surface area contributed by atoms with Crippen molar-refractivity contribution in [3.8, 4) is 0 Å². The molecule has 0 bridgehead atoms. The van der Waals surface area contributed by atoms with Gasteiger partial charge in [0.15, 0.2) is 0 Å². The molecule has 14 heavy (non-hydrogen) atoms. The van der Waals surface area contributed by atoms with Crippen LogP contribution in [-0.2, 0) is 19.7 Å². The summed E-state index contributed by atoms with van der Waals surface area (Å²) >= 11 is 0. The lowest BCUT2D eigenvalue weighted by atomic mass is 9.81. The maximum atomic E-state index is 11.5. The van der Waals surface area contributed by atoms with Gasteiger partial charge in [0.25, 0.3) is 0 Å². The van der Waals surface area contributed by atoms with Crippen molar-refractivity contribution in [2.45, 2.75) is 25.2 Å². The van der Waals surface area contributed by atoms with Gasteiger partial charge in [0, 0.05) is 0 Å². The monoisotopic (exact) mass is 194 g/mol. The van der Waals surface area contributed by atoms with E-state index in [-0.39, 0.29) is 6.42 Å². The van der Waals surface area contributed by atoms with Crippen molar-refractivity contribution < 1.29 is 18.7 Å². The van der Waals surface area contributed by atoms with E-state index in [1.807, 2.05) is 6.92 Å². The quantitative estimate of drug-likeness (QED) is 0.527. The molecule has 2 rings (SSSR count). The normalized spacial score (nSPS) is 26.6. The van der Waals surface area contributed by atoms with E-state index in [4.69, 9.17) is 4.42 Å². The predicted octanol–water partition coefficient (Wildman–Crippen LogP) is 1.40. The molecular formula is C10H10O4. The van der Waals surface area contributed by atoms with E-state index in [1.165, 1.54) is 6.26 Å². The molecule has 1 aliphatic heterocycles. The average molecular weight is 194 g/mol. The molecule has 2 heterocycles. The lowest BCUT2D eigenvalue weighted by molar-refractivity contribution is -0.153. The number of cyclic esters (lactones) is 2. The highest BCUT2D eigenvalue weighted by Gasteiger charge is 2.51. The fourth-order valence-corrected chi connectivity index (χ4v) is 1.74. The van der Waals surface area contributed by atoms with Crippen LogP contribution in [0.2, 0.25) is 0 Å². The molecule has 1 unspecified atom stereocenters. The zero-order valence-electron chi connectivity index (χ0n) is 7.78. The highest BCUT2D eigenvalue weighted by Crippen LogP contribution is 2.38. The van der Waals surface area contributed by atoms with Gasteiger partial charge in [-0.25, -0.2) is 0 Å². The van der Waals surface area contributed by atoms with Gasteiger partial charge in [-0.05, 0) is 18.6 Å². The molecule has 4 nitrogen and oxygen atoms in total. The standard InChI is InChI=1S/C10H10O4/c1-2-10(7-4-3-5-13-7)6-8(11)14-9(10)12/h3-5H,2,6H2,1H3. The Bertz CT molecular complexity index is 365. The van der Waals surface area contributed by atoms with E-state index < -0.39 is 17.4 Å². The third-order valence-electron chi connectivity index (χ3n) is 2.64. The van der Waals surface area contributed by atoms with Crippen LogP contribution in [0, 0.1) is 0 Å². The number of carbonyl (C=O) groups is 2. The van der Waals surface area contributed by atoms with E-state index in [0.717, 1.165) is 0 Å². The number of carbonyl (C=O) groups excluding carboxylic acids is 2. The van der Waals surface area contributed by atoms with Gasteiger partial charge in [0.05, 0.1) is 12.7 Å². The molecule has 0 aromatic carbocycles. The van der Waals surface area contributed by atoms with Crippen molar-refractivity contribution in [2.75, 3.05) is 0 Å². The van der Waals surface area contributed by atoms with E-state index >= 15 is 0 Å². The third-order valence-corrected chi connectivity index (χ3v) is 2.64. The molecule has 0 saturated carbocycles. The van der Waals surface area contributed by atoms with Crippen LogP contribution in [0.3, 0.4) is 0 Å². The van der Waals surface area contributed by atoms with Gasteiger partial charge >= 0.3 is 11.9 Å². The summed E-state index contributed by atoms with van der Waals surface area (Å²) in [7, 11) is 0. The minimum Gasteiger partial charge on any atom is -0.468 e. The molecule has 1 atom stereocenters. The van der Waals surface area contributed by atoms with Crippen molar-refractivity contribution >= 4 is 11.9 Å². The molecule has 1 aliphatic rings. The summed E-state index contributed by atoms with van der Waals surface area (Å²) in [4.78, 5) is 22.6. The zero-order valence-corrected chi connectivity index (χ0v) is 7.78. The first-order valence-corrected chi connectivity index (χ1v) is 4.48. The second-order valence-electron chi connectivity index (χ2n) is 3.35. The van der Waals surface area contributed by atoms with Crippen molar-refractivity contribution in [1.82, 2.24) is 0 Å². The molecule has 0 aliphatic carbocycles. The molecule has 74 valence electrons. The number of hydrogen-bond acceptors (Lipinski definition) is 4. The van der Waals surface area contributed by atoms with Gasteiger partial charge in [-0.1, -0.05) is 6.92 Å². The molecule has 0 N–H and O–H groups in total. The lowest BCUT2D eigenvalue weighted by Crippen LogP contribution is -2.30. The SMILES string of the molecule is CCC1(c2ccco2)CC(=O)OC1=O. The summed E-state index contributed by atoms with van der Waals surface area (Å²) in [6, 6.07) is 3.40. The van der Waals surface area contributed by atoms with E-state index in [2.05, 4.69) is 4.74 Å². The Morgan fingerprint density at radius 3 is 2.71 bits per heavy atom. The second kappa shape index (κ2) is 2.97. The van der Waals surface area contributed by atoms with E-state index in [1.54, 1.807) is 12.1 Å². The van der Waals surface area contributed by atoms with Crippen LogP contribution in [0.25, 0.3) is 0 Å². The molecule has 0 amide bonds. The highest BCUT2D eigenvalue weighted by atomic mass is 16.6. The number of furan rings is 1. The van der Waals surface area contributed by atoms with Crippen molar-refractivity contribution in [1.29, 1.82) is 0 Å². The Morgan fingerprint density at radius 2 is 2.29 bits per heavy atom. The topological polar surface area (TPSA) is 56.5 Å². The predicted molar refractivity (Wildman–Crippen MR) is 46.4 cm³/mol. The highest BCUT2D eigenvalue weighted by molar-refractivity contribution is 6.00. The molecule has 0 spiro atoms. The van der Waals surface area contributed by atoms with Crippen LogP contribution < -0.4 is 0 Å².